The van der Waals surface area contributed by atoms with Gasteiger partial charge < -0.3 is 19.5 Å². The maximum Gasteiger partial charge on any atom is 0.224 e. The van der Waals surface area contributed by atoms with Crippen LogP contribution >= 0.6 is 0 Å². The first-order chi connectivity index (χ1) is 11.6. The zero-order valence-corrected chi connectivity index (χ0v) is 13.3. The number of rotatable bonds is 5. The SMILES string of the molecule is COc1ccc([C@H]2[C@H](C(=O)[O-])CC(=O)N2Cc2ccccc2)cc1. The molecule has 2 aromatic carbocycles. The Hall–Kier alpha value is -2.82. The molecule has 1 aliphatic heterocycles. The molecule has 0 aliphatic carbocycles. The summed E-state index contributed by atoms with van der Waals surface area (Å²) in [4.78, 5) is 25.6. The van der Waals surface area contributed by atoms with Gasteiger partial charge in [-0.1, -0.05) is 42.5 Å². The van der Waals surface area contributed by atoms with Crippen molar-refractivity contribution in [3.63, 3.8) is 0 Å². The van der Waals surface area contributed by atoms with Crippen molar-refractivity contribution in [2.24, 2.45) is 5.92 Å². The summed E-state index contributed by atoms with van der Waals surface area (Å²) in [5.41, 5.74) is 1.73. The van der Waals surface area contributed by atoms with Gasteiger partial charge in [-0.05, 0) is 23.3 Å². The molecule has 2 aromatic rings. The Labute approximate surface area is 140 Å². The number of amides is 1. The lowest BCUT2D eigenvalue weighted by Gasteiger charge is -2.29. The van der Waals surface area contributed by atoms with Crippen LogP contribution in [-0.2, 0) is 16.1 Å². The molecule has 3 rings (SSSR count). The molecule has 124 valence electrons. The smallest absolute Gasteiger partial charge is 0.224 e. The first-order valence-electron chi connectivity index (χ1n) is 7.78. The first-order valence-corrected chi connectivity index (χ1v) is 7.78. The van der Waals surface area contributed by atoms with Crippen molar-refractivity contribution < 1.29 is 19.4 Å². The molecule has 1 fully saturated rings. The molecule has 0 radical (unpaired) electrons. The Morgan fingerprint density at radius 1 is 1.17 bits per heavy atom. The lowest BCUT2D eigenvalue weighted by atomic mass is 9.93. The minimum absolute atomic E-state index is 0.0359. The summed E-state index contributed by atoms with van der Waals surface area (Å²) in [7, 11) is 1.57. The van der Waals surface area contributed by atoms with Crippen LogP contribution in [0.15, 0.2) is 54.6 Å². The highest BCUT2D eigenvalue weighted by molar-refractivity contribution is 5.86. The zero-order valence-electron chi connectivity index (χ0n) is 13.3. The summed E-state index contributed by atoms with van der Waals surface area (Å²) in [5.74, 6) is -1.54. The molecule has 0 aromatic heterocycles. The van der Waals surface area contributed by atoms with Crippen LogP contribution in [0.3, 0.4) is 0 Å². The van der Waals surface area contributed by atoms with Gasteiger partial charge in [0.2, 0.25) is 5.91 Å². The Bertz CT molecular complexity index is 727. The fourth-order valence-electron chi connectivity index (χ4n) is 3.18. The zero-order chi connectivity index (χ0) is 17.1. The van der Waals surface area contributed by atoms with Gasteiger partial charge in [-0.25, -0.2) is 0 Å². The summed E-state index contributed by atoms with van der Waals surface area (Å²) in [6, 6.07) is 16.1. The molecule has 5 nitrogen and oxygen atoms in total. The number of aliphatic carboxylic acids is 1. The van der Waals surface area contributed by atoms with E-state index in [1.165, 1.54) is 0 Å². The second-order valence-electron chi connectivity index (χ2n) is 5.85. The Morgan fingerprint density at radius 3 is 2.42 bits per heavy atom. The monoisotopic (exact) mass is 324 g/mol. The standard InChI is InChI=1S/C19H19NO4/c1-24-15-9-7-14(8-10-15)18-16(19(22)23)11-17(21)20(18)12-13-5-3-2-4-6-13/h2-10,16,18H,11-12H2,1H3,(H,22,23)/p-1/t16-,18+/m1/s1. The van der Waals surface area contributed by atoms with Crippen LogP contribution in [0.5, 0.6) is 5.75 Å². The molecular formula is C19H18NO4-. The number of hydrogen-bond acceptors (Lipinski definition) is 4. The van der Waals surface area contributed by atoms with Gasteiger partial charge in [-0.2, -0.15) is 0 Å². The van der Waals surface area contributed by atoms with E-state index in [9.17, 15) is 14.7 Å². The normalized spacial score (nSPS) is 20.2. The van der Waals surface area contributed by atoms with Gasteiger partial charge in [0, 0.05) is 24.9 Å². The van der Waals surface area contributed by atoms with Gasteiger partial charge in [-0.3, -0.25) is 4.79 Å². The van der Waals surface area contributed by atoms with E-state index in [1.54, 1.807) is 36.3 Å². The Balaban J connectivity index is 1.94. The highest BCUT2D eigenvalue weighted by Crippen LogP contribution is 2.39. The van der Waals surface area contributed by atoms with E-state index in [2.05, 4.69) is 0 Å². The van der Waals surface area contributed by atoms with Crippen molar-refractivity contribution in [2.75, 3.05) is 7.11 Å². The second-order valence-corrected chi connectivity index (χ2v) is 5.85. The molecule has 1 saturated heterocycles. The van der Waals surface area contributed by atoms with Gasteiger partial charge in [0.15, 0.2) is 0 Å². The average Bonchev–Trinajstić information content (AvgIpc) is 2.93. The summed E-state index contributed by atoms with van der Waals surface area (Å²) in [5, 5.41) is 11.5. The Kier molecular flexibility index (Phi) is 4.51. The number of carbonyl (C=O) groups is 2. The van der Waals surface area contributed by atoms with Crippen LogP contribution in [0, 0.1) is 5.92 Å². The van der Waals surface area contributed by atoms with Gasteiger partial charge in [0.1, 0.15) is 5.75 Å². The number of carboxylic acids is 1. The summed E-state index contributed by atoms with van der Waals surface area (Å²) in [6.45, 7) is 0.375. The van der Waals surface area contributed by atoms with E-state index in [1.807, 2.05) is 30.3 Å². The molecule has 0 unspecified atom stereocenters. The quantitative estimate of drug-likeness (QED) is 0.836. The molecule has 1 aliphatic rings. The van der Waals surface area contributed by atoms with E-state index in [-0.39, 0.29) is 12.3 Å². The molecule has 0 saturated carbocycles. The lowest BCUT2D eigenvalue weighted by molar-refractivity contribution is -0.312. The fraction of sp³-hybridized carbons (Fsp3) is 0.263. The maximum atomic E-state index is 12.4. The molecule has 1 heterocycles. The van der Waals surface area contributed by atoms with Crippen molar-refractivity contribution in [3.8, 4) is 5.75 Å². The van der Waals surface area contributed by atoms with E-state index in [0.717, 1.165) is 11.1 Å². The predicted octanol–water partition coefficient (Wildman–Crippen LogP) is 1.53. The van der Waals surface area contributed by atoms with E-state index in [0.29, 0.717) is 12.3 Å². The maximum absolute atomic E-state index is 12.4. The van der Waals surface area contributed by atoms with Crippen molar-refractivity contribution in [2.45, 2.75) is 19.0 Å². The third-order valence-electron chi connectivity index (χ3n) is 4.39. The summed E-state index contributed by atoms with van der Waals surface area (Å²) < 4.78 is 5.14. The fourth-order valence-corrected chi connectivity index (χ4v) is 3.18. The van der Waals surface area contributed by atoms with Crippen LogP contribution in [0.25, 0.3) is 0 Å². The first kappa shape index (κ1) is 16.1. The number of likely N-dealkylation sites (tertiary alicyclic amines) is 1. The third kappa shape index (κ3) is 3.11. The lowest BCUT2D eigenvalue weighted by Crippen LogP contribution is -2.36. The molecule has 0 spiro atoms. The number of carbonyl (C=O) groups excluding carboxylic acids is 2. The van der Waals surface area contributed by atoms with Crippen molar-refractivity contribution in [1.82, 2.24) is 4.90 Å². The largest absolute Gasteiger partial charge is 0.550 e. The van der Waals surface area contributed by atoms with Crippen molar-refractivity contribution in [1.29, 1.82) is 0 Å². The van der Waals surface area contributed by atoms with Crippen LogP contribution in [0.2, 0.25) is 0 Å². The third-order valence-corrected chi connectivity index (χ3v) is 4.39. The number of carboxylic acid groups (broad SMARTS) is 1. The summed E-state index contributed by atoms with van der Waals surface area (Å²) in [6.07, 6.45) is -0.0359. The molecule has 2 atom stereocenters. The molecule has 5 heteroatoms. The highest BCUT2D eigenvalue weighted by Gasteiger charge is 2.41. The summed E-state index contributed by atoms with van der Waals surface area (Å²) >= 11 is 0. The second kappa shape index (κ2) is 6.74. The van der Waals surface area contributed by atoms with Gasteiger partial charge in [0.25, 0.3) is 0 Å². The van der Waals surface area contributed by atoms with Crippen LogP contribution in [0.4, 0.5) is 0 Å². The van der Waals surface area contributed by atoms with Gasteiger partial charge >= 0.3 is 0 Å². The van der Waals surface area contributed by atoms with Gasteiger partial charge in [0.05, 0.1) is 13.2 Å². The Morgan fingerprint density at radius 2 is 1.83 bits per heavy atom. The van der Waals surface area contributed by atoms with Crippen LogP contribution in [-0.4, -0.2) is 23.9 Å². The predicted molar refractivity (Wildman–Crippen MR) is 85.8 cm³/mol. The van der Waals surface area contributed by atoms with Crippen molar-refractivity contribution >= 4 is 11.9 Å². The van der Waals surface area contributed by atoms with E-state index >= 15 is 0 Å². The minimum Gasteiger partial charge on any atom is -0.550 e. The number of nitrogens with zero attached hydrogens (tertiary/aromatic N) is 1. The van der Waals surface area contributed by atoms with E-state index in [4.69, 9.17) is 4.74 Å². The number of hydrogen-bond donors (Lipinski definition) is 0. The van der Waals surface area contributed by atoms with Crippen molar-refractivity contribution in [3.05, 3.63) is 65.7 Å². The molecule has 1 amide bonds. The number of ether oxygens (including phenoxy) is 1. The molecule has 24 heavy (non-hydrogen) atoms. The molecular weight excluding hydrogens is 306 g/mol. The molecule has 0 bridgehead atoms. The van der Waals surface area contributed by atoms with E-state index < -0.39 is 17.9 Å². The number of benzene rings is 2. The minimum atomic E-state index is -1.19. The highest BCUT2D eigenvalue weighted by atomic mass is 16.5. The van der Waals surface area contributed by atoms with Gasteiger partial charge in [-0.15, -0.1) is 0 Å². The molecule has 0 N–H and O–H groups in total. The number of methoxy groups -OCH3 is 1. The van der Waals surface area contributed by atoms with Crippen LogP contribution in [0.1, 0.15) is 23.6 Å². The topological polar surface area (TPSA) is 69.7 Å². The average molecular weight is 324 g/mol. The van der Waals surface area contributed by atoms with Crippen LogP contribution < -0.4 is 9.84 Å².